The molecule has 0 aromatic heterocycles. The molecule has 0 aliphatic heterocycles. The van der Waals surface area contributed by atoms with Gasteiger partial charge in [0, 0.05) is 17.5 Å². The predicted octanol–water partition coefficient (Wildman–Crippen LogP) is 3.45. The van der Waals surface area contributed by atoms with E-state index in [9.17, 15) is 4.39 Å². The predicted molar refractivity (Wildman–Crippen MR) is 85.0 cm³/mol. The minimum atomic E-state index is -0.330. The lowest BCUT2D eigenvalue weighted by Crippen LogP contribution is -2.23. The Balaban J connectivity index is 2.68. The highest BCUT2D eigenvalue weighted by Gasteiger charge is 2.16. The maximum absolute atomic E-state index is 14.3. The zero-order valence-electron chi connectivity index (χ0n) is 11.3. The summed E-state index contributed by atoms with van der Waals surface area (Å²) in [5.74, 6) is -0.121. The van der Waals surface area contributed by atoms with E-state index in [1.807, 2.05) is 31.2 Å². The molecule has 5 heteroatoms. The second-order valence-corrected chi connectivity index (χ2v) is 4.85. The number of guanidine groups is 1. The first-order valence-corrected chi connectivity index (χ1v) is 6.56. The van der Waals surface area contributed by atoms with Gasteiger partial charge in [0.2, 0.25) is 0 Å². The van der Waals surface area contributed by atoms with Gasteiger partial charge in [-0.05, 0) is 30.2 Å². The molecule has 104 valence electrons. The molecule has 0 bridgehead atoms. The molecular weight excluding hydrogens is 273 g/mol. The monoisotopic (exact) mass is 289 g/mol. The van der Waals surface area contributed by atoms with Gasteiger partial charge in [-0.1, -0.05) is 24.3 Å². The third kappa shape index (κ3) is 2.77. The topological polar surface area (TPSA) is 50.4 Å². The third-order valence-corrected chi connectivity index (χ3v) is 3.41. The fourth-order valence-electron chi connectivity index (χ4n) is 1.99. The van der Waals surface area contributed by atoms with Gasteiger partial charge in [0.1, 0.15) is 5.82 Å². The normalized spacial score (nSPS) is 11.5. The molecule has 0 radical (unpaired) electrons. The summed E-state index contributed by atoms with van der Waals surface area (Å²) in [6.45, 7) is 1.93. The Bertz CT molecular complexity index is 668. The number of hydrogen-bond donors (Lipinski definition) is 3. The molecule has 2 aromatic rings. The van der Waals surface area contributed by atoms with E-state index in [2.05, 4.69) is 22.9 Å². The van der Waals surface area contributed by atoms with Crippen LogP contribution in [0.4, 0.5) is 10.1 Å². The van der Waals surface area contributed by atoms with Crippen LogP contribution >= 0.6 is 12.6 Å². The van der Waals surface area contributed by atoms with Crippen LogP contribution in [0.25, 0.3) is 11.1 Å². The van der Waals surface area contributed by atoms with Crippen molar-refractivity contribution in [3.8, 4) is 11.1 Å². The second-order valence-electron chi connectivity index (χ2n) is 4.37. The summed E-state index contributed by atoms with van der Waals surface area (Å²) in [4.78, 5) is 4.45. The number of benzene rings is 2. The van der Waals surface area contributed by atoms with E-state index in [4.69, 9.17) is 5.73 Å². The summed E-state index contributed by atoms with van der Waals surface area (Å²) >= 11 is 4.37. The summed E-state index contributed by atoms with van der Waals surface area (Å²) in [6, 6.07) is 10.6. The molecule has 0 aliphatic carbocycles. The van der Waals surface area contributed by atoms with Crippen molar-refractivity contribution in [2.75, 3.05) is 12.4 Å². The lowest BCUT2D eigenvalue weighted by atomic mass is 9.98. The van der Waals surface area contributed by atoms with E-state index >= 15 is 0 Å². The van der Waals surface area contributed by atoms with Gasteiger partial charge in [-0.2, -0.15) is 0 Å². The number of rotatable bonds is 2. The van der Waals surface area contributed by atoms with Gasteiger partial charge in [0.15, 0.2) is 5.96 Å². The summed E-state index contributed by atoms with van der Waals surface area (Å²) in [6.07, 6.45) is 0. The maximum atomic E-state index is 14.3. The minimum Gasteiger partial charge on any atom is -0.370 e. The van der Waals surface area contributed by atoms with Crippen molar-refractivity contribution < 1.29 is 4.39 Å². The smallest absolute Gasteiger partial charge is 0.192 e. The highest BCUT2D eigenvalue weighted by molar-refractivity contribution is 7.80. The number of nitrogens with zero attached hydrogens (tertiary/aromatic N) is 1. The largest absolute Gasteiger partial charge is 0.370 e. The third-order valence-electron chi connectivity index (χ3n) is 3.04. The number of nitrogens with one attached hydrogen (secondary N) is 1. The van der Waals surface area contributed by atoms with E-state index in [1.165, 1.54) is 6.07 Å². The molecule has 2 rings (SSSR count). The summed E-state index contributed by atoms with van der Waals surface area (Å²) in [5, 5.41) is 2.91. The number of hydrogen-bond acceptors (Lipinski definition) is 2. The average Bonchev–Trinajstić information content (AvgIpc) is 2.44. The van der Waals surface area contributed by atoms with Gasteiger partial charge in [-0.15, -0.1) is 12.6 Å². The fourth-order valence-corrected chi connectivity index (χ4v) is 2.24. The van der Waals surface area contributed by atoms with Crippen molar-refractivity contribution in [2.24, 2.45) is 10.7 Å². The van der Waals surface area contributed by atoms with Crippen molar-refractivity contribution in [3.05, 3.63) is 47.8 Å². The van der Waals surface area contributed by atoms with Crippen LogP contribution in [0.15, 0.2) is 46.3 Å². The van der Waals surface area contributed by atoms with Gasteiger partial charge in [-0.3, -0.25) is 4.99 Å². The fraction of sp³-hybridized carbons (Fsp3) is 0.133. The molecule has 3 N–H and O–H groups in total. The Kier molecular flexibility index (Phi) is 4.29. The average molecular weight is 289 g/mol. The number of aliphatic imine (C=N–C) groups is 1. The first kappa shape index (κ1) is 14.4. The van der Waals surface area contributed by atoms with Crippen LogP contribution in [0.2, 0.25) is 0 Å². The standard InChI is InChI=1S/C15H16FN3S/c1-9-5-3-4-6-10(9)13-11(16)7-8-12(20)14(13)19-15(17)18-2/h3-8,20H,1-2H3,(H3,17,18,19). The molecule has 0 amide bonds. The lowest BCUT2D eigenvalue weighted by molar-refractivity contribution is 0.630. The molecule has 0 unspecified atom stereocenters. The van der Waals surface area contributed by atoms with Crippen molar-refractivity contribution in [1.29, 1.82) is 0 Å². The van der Waals surface area contributed by atoms with Crippen LogP contribution in [0.5, 0.6) is 0 Å². The van der Waals surface area contributed by atoms with Gasteiger partial charge in [-0.25, -0.2) is 4.39 Å². The van der Waals surface area contributed by atoms with Crippen LogP contribution in [0.3, 0.4) is 0 Å². The number of thiol groups is 1. The number of aryl methyl sites for hydroxylation is 1. The molecular formula is C15H16FN3S. The molecule has 0 atom stereocenters. The first-order valence-electron chi connectivity index (χ1n) is 6.11. The van der Waals surface area contributed by atoms with E-state index < -0.39 is 0 Å². The molecule has 0 fully saturated rings. The first-order chi connectivity index (χ1) is 9.54. The van der Waals surface area contributed by atoms with E-state index in [1.54, 1.807) is 13.1 Å². The molecule has 20 heavy (non-hydrogen) atoms. The summed E-state index contributed by atoms with van der Waals surface area (Å²) < 4.78 is 14.3. The highest BCUT2D eigenvalue weighted by atomic mass is 32.1. The van der Waals surface area contributed by atoms with Crippen LogP contribution in [-0.4, -0.2) is 13.0 Å². The SMILES string of the molecule is CN=C(N)Nc1c(S)ccc(F)c1-c1ccccc1C. The quantitative estimate of drug-likeness (QED) is 0.450. The minimum absolute atomic E-state index is 0.209. The zero-order valence-corrected chi connectivity index (χ0v) is 12.2. The number of halogens is 1. The van der Waals surface area contributed by atoms with Crippen LogP contribution < -0.4 is 11.1 Å². The Hall–Kier alpha value is -2.01. The molecule has 0 heterocycles. The summed E-state index contributed by atoms with van der Waals surface area (Å²) in [5.41, 5.74) is 8.43. The van der Waals surface area contributed by atoms with E-state index in [0.717, 1.165) is 11.1 Å². The lowest BCUT2D eigenvalue weighted by Gasteiger charge is -2.16. The molecule has 0 saturated heterocycles. The highest BCUT2D eigenvalue weighted by Crippen LogP contribution is 2.36. The van der Waals surface area contributed by atoms with Gasteiger partial charge in [0.05, 0.1) is 5.69 Å². The summed E-state index contributed by atoms with van der Waals surface area (Å²) in [7, 11) is 1.56. The number of nitrogens with two attached hydrogens (primary N) is 1. The molecule has 0 saturated carbocycles. The van der Waals surface area contributed by atoms with Crippen molar-refractivity contribution in [1.82, 2.24) is 0 Å². The Morgan fingerprint density at radius 3 is 2.60 bits per heavy atom. The van der Waals surface area contributed by atoms with Gasteiger partial charge in [0.25, 0.3) is 0 Å². The molecule has 0 aliphatic rings. The van der Waals surface area contributed by atoms with Crippen molar-refractivity contribution >= 4 is 24.3 Å². The molecule has 2 aromatic carbocycles. The molecule has 3 nitrogen and oxygen atoms in total. The van der Waals surface area contributed by atoms with Gasteiger partial charge >= 0.3 is 0 Å². The Labute approximate surface area is 123 Å². The van der Waals surface area contributed by atoms with Crippen molar-refractivity contribution in [3.63, 3.8) is 0 Å². The van der Waals surface area contributed by atoms with Crippen LogP contribution in [-0.2, 0) is 0 Å². The van der Waals surface area contributed by atoms with Crippen LogP contribution in [0.1, 0.15) is 5.56 Å². The zero-order chi connectivity index (χ0) is 14.7. The Morgan fingerprint density at radius 1 is 1.25 bits per heavy atom. The Morgan fingerprint density at radius 2 is 1.95 bits per heavy atom. The van der Waals surface area contributed by atoms with Crippen molar-refractivity contribution in [2.45, 2.75) is 11.8 Å². The van der Waals surface area contributed by atoms with E-state index in [0.29, 0.717) is 16.1 Å². The van der Waals surface area contributed by atoms with Gasteiger partial charge < -0.3 is 11.1 Å². The van der Waals surface area contributed by atoms with Crippen LogP contribution in [0, 0.1) is 12.7 Å². The maximum Gasteiger partial charge on any atom is 0.192 e. The number of anilines is 1. The van der Waals surface area contributed by atoms with E-state index in [-0.39, 0.29) is 11.8 Å². The molecule has 0 spiro atoms. The second kappa shape index (κ2) is 5.96.